The fourth-order valence-electron chi connectivity index (χ4n) is 1.88. The molecule has 68 valence electrons. The van der Waals surface area contributed by atoms with E-state index in [4.69, 9.17) is 0 Å². The van der Waals surface area contributed by atoms with E-state index in [2.05, 4.69) is 16.9 Å². The van der Waals surface area contributed by atoms with Crippen molar-refractivity contribution in [2.45, 2.75) is 31.6 Å². The van der Waals surface area contributed by atoms with Crippen molar-refractivity contribution in [2.24, 2.45) is 0 Å². The van der Waals surface area contributed by atoms with Gasteiger partial charge in [-0.15, -0.1) is 0 Å². The van der Waals surface area contributed by atoms with Gasteiger partial charge in [0.25, 0.3) is 0 Å². The summed E-state index contributed by atoms with van der Waals surface area (Å²) in [6.45, 7) is 2.11. The van der Waals surface area contributed by atoms with E-state index in [1.54, 1.807) is 0 Å². The minimum atomic E-state index is -0.0155. The van der Waals surface area contributed by atoms with Gasteiger partial charge in [0.1, 0.15) is 12.1 Å². The molecule has 0 radical (unpaired) electrons. The van der Waals surface area contributed by atoms with Crippen LogP contribution in [0.5, 0.6) is 0 Å². The summed E-state index contributed by atoms with van der Waals surface area (Å²) in [6, 6.07) is 0. The summed E-state index contributed by atoms with van der Waals surface area (Å²) in [5, 5.41) is 0. The van der Waals surface area contributed by atoms with E-state index in [-0.39, 0.29) is 5.41 Å². The molecule has 1 aromatic heterocycles. The van der Waals surface area contributed by atoms with E-state index >= 15 is 0 Å². The number of carbonyl (C=O) groups is 1. The number of ketones is 1. The van der Waals surface area contributed by atoms with Crippen LogP contribution in [0.1, 0.15) is 31.7 Å². The summed E-state index contributed by atoms with van der Waals surface area (Å²) in [6.07, 6.45) is 7.41. The lowest BCUT2D eigenvalue weighted by Gasteiger charge is -2.21. The number of hydrogen-bond acceptors (Lipinski definition) is 3. The molecule has 1 fully saturated rings. The molecule has 3 nitrogen and oxygen atoms in total. The van der Waals surface area contributed by atoms with Gasteiger partial charge in [0.05, 0.1) is 0 Å². The largest absolute Gasteiger partial charge is 0.300 e. The van der Waals surface area contributed by atoms with Crippen molar-refractivity contribution in [3.8, 4) is 0 Å². The fourth-order valence-corrected chi connectivity index (χ4v) is 1.88. The van der Waals surface area contributed by atoms with Crippen LogP contribution >= 0.6 is 0 Å². The maximum atomic E-state index is 11.2. The van der Waals surface area contributed by atoms with Gasteiger partial charge < -0.3 is 0 Å². The van der Waals surface area contributed by atoms with Crippen LogP contribution in [0.4, 0.5) is 0 Å². The van der Waals surface area contributed by atoms with Crippen LogP contribution in [0.3, 0.4) is 0 Å². The highest BCUT2D eigenvalue weighted by Crippen LogP contribution is 2.37. The highest BCUT2D eigenvalue weighted by atomic mass is 16.1. The van der Waals surface area contributed by atoms with Crippen molar-refractivity contribution in [1.29, 1.82) is 0 Å². The van der Waals surface area contributed by atoms with Crippen LogP contribution in [0, 0.1) is 0 Å². The molecule has 13 heavy (non-hydrogen) atoms. The third kappa shape index (κ3) is 1.46. The Labute approximate surface area is 77.2 Å². The molecule has 1 heterocycles. The Morgan fingerprint density at radius 1 is 1.38 bits per heavy atom. The molecule has 0 aliphatic heterocycles. The molecule has 3 heteroatoms. The normalized spacial score (nSPS) is 27.9. The lowest BCUT2D eigenvalue weighted by Crippen LogP contribution is -2.18. The third-order valence-electron chi connectivity index (χ3n) is 2.80. The average molecular weight is 176 g/mol. The van der Waals surface area contributed by atoms with Crippen molar-refractivity contribution in [3.63, 3.8) is 0 Å². The first kappa shape index (κ1) is 8.35. The molecule has 0 bridgehead atoms. The molecule has 1 aliphatic carbocycles. The van der Waals surface area contributed by atoms with E-state index in [1.807, 2.05) is 12.4 Å². The van der Waals surface area contributed by atoms with Gasteiger partial charge in [0, 0.05) is 30.7 Å². The standard InChI is InChI=1S/C10H12N2O/c1-10(3-2-9(13)4-10)8-5-11-7-12-6-8/h5-7H,2-4H2,1H3. The van der Waals surface area contributed by atoms with Gasteiger partial charge in [0.15, 0.2) is 0 Å². The summed E-state index contributed by atoms with van der Waals surface area (Å²) in [7, 11) is 0. The predicted molar refractivity (Wildman–Crippen MR) is 48.2 cm³/mol. The molecule has 1 unspecified atom stereocenters. The first-order valence-electron chi connectivity index (χ1n) is 4.48. The van der Waals surface area contributed by atoms with Crippen LogP contribution in [0.25, 0.3) is 0 Å². The van der Waals surface area contributed by atoms with Gasteiger partial charge in [-0.05, 0) is 12.0 Å². The van der Waals surface area contributed by atoms with Gasteiger partial charge in [0.2, 0.25) is 0 Å². The smallest absolute Gasteiger partial charge is 0.133 e. The number of rotatable bonds is 1. The summed E-state index contributed by atoms with van der Waals surface area (Å²) < 4.78 is 0. The molecule has 2 rings (SSSR count). The Balaban J connectivity index is 2.31. The van der Waals surface area contributed by atoms with Crippen molar-refractivity contribution in [3.05, 3.63) is 24.3 Å². The average Bonchev–Trinajstić information content (AvgIpc) is 2.49. The Morgan fingerprint density at radius 2 is 2.08 bits per heavy atom. The van der Waals surface area contributed by atoms with Crippen LogP contribution < -0.4 is 0 Å². The summed E-state index contributed by atoms with van der Waals surface area (Å²) >= 11 is 0. The second-order valence-electron chi connectivity index (χ2n) is 3.90. The maximum absolute atomic E-state index is 11.2. The van der Waals surface area contributed by atoms with E-state index in [0.29, 0.717) is 18.6 Å². The molecule has 0 spiro atoms. The summed E-state index contributed by atoms with van der Waals surface area (Å²) in [4.78, 5) is 19.1. The van der Waals surface area contributed by atoms with E-state index in [0.717, 1.165) is 12.0 Å². The van der Waals surface area contributed by atoms with Crippen molar-refractivity contribution in [2.75, 3.05) is 0 Å². The Morgan fingerprint density at radius 3 is 2.62 bits per heavy atom. The highest BCUT2D eigenvalue weighted by molar-refractivity contribution is 5.82. The predicted octanol–water partition coefficient (Wildman–Crippen LogP) is 1.49. The summed E-state index contributed by atoms with van der Waals surface area (Å²) in [5.74, 6) is 0.353. The van der Waals surface area contributed by atoms with Crippen molar-refractivity contribution >= 4 is 5.78 Å². The zero-order valence-electron chi connectivity index (χ0n) is 7.66. The lowest BCUT2D eigenvalue weighted by molar-refractivity contribution is -0.117. The highest BCUT2D eigenvalue weighted by Gasteiger charge is 2.35. The SMILES string of the molecule is CC1(c2cncnc2)CCC(=O)C1. The molecular weight excluding hydrogens is 164 g/mol. The molecule has 0 aromatic carbocycles. The summed E-state index contributed by atoms with van der Waals surface area (Å²) in [5.41, 5.74) is 1.07. The first-order valence-corrected chi connectivity index (χ1v) is 4.48. The maximum Gasteiger partial charge on any atom is 0.133 e. The molecular formula is C10H12N2O. The van der Waals surface area contributed by atoms with Crippen molar-refractivity contribution in [1.82, 2.24) is 9.97 Å². The monoisotopic (exact) mass is 176 g/mol. The van der Waals surface area contributed by atoms with E-state index in [1.165, 1.54) is 6.33 Å². The second kappa shape index (κ2) is 2.91. The van der Waals surface area contributed by atoms with Gasteiger partial charge in [-0.25, -0.2) is 9.97 Å². The topological polar surface area (TPSA) is 42.9 Å². The quantitative estimate of drug-likeness (QED) is 0.651. The van der Waals surface area contributed by atoms with Gasteiger partial charge in [-0.1, -0.05) is 6.92 Å². The van der Waals surface area contributed by atoms with Crippen molar-refractivity contribution < 1.29 is 4.79 Å². The van der Waals surface area contributed by atoms with Gasteiger partial charge in [-0.2, -0.15) is 0 Å². The van der Waals surface area contributed by atoms with Gasteiger partial charge >= 0.3 is 0 Å². The molecule has 0 saturated heterocycles. The Bertz CT molecular complexity index is 323. The van der Waals surface area contributed by atoms with Crippen LogP contribution in [-0.4, -0.2) is 15.8 Å². The number of carbonyl (C=O) groups excluding carboxylic acids is 1. The van der Waals surface area contributed by atoms with E-state index < -0.39 is 0 Å². The first-order chi connectivity index (χ1) is 6.21. The zero-order valence-corrected chi connectivity index (χ0v) is 7.66. The molecule has 1 aliphatic rings. The Kier molecular flexibility index (Phi) is 1.87. The zero-order chi connectivity index (χ0) is 9.31. The number of aromatic nitrogens is 2. The van der Waals surface area contributed by atoms with E-state index in [9.17, 15) is 4.79 Å². The van der Waals surface area contributed by atoms with Gasteiger partial charge in [-0.3, -0.25) is 4.79 Å². The van der Waals surface area contributed by atoms with Crippen LogP contribution in [0.15, 0.2) is 18.7 Å². The minimum absolute atomic E-state index is 0.0155. The molecule has 0 N–H and O–H groups in total. The van der Waals surface area contributed by atoms with Crippen LogP contribution in [0.2, 0.25) is 0 Å². The third-order valence-corrected chi connectivity index (χ3v) is 2.80. The second-order valence-corrected chi connectivity index (χ2v) is 3.90. The lowest BCUT2D eigenvalue weighted by atomic mass is 9.83. The number of Topliss-reactive ketones (excluding diaryl/α,β-unsaturated/α-hetero) is 1. The number of nitrogens with zero attached hydrogens (tertiary/aromatic N) is 2. The molecule has 0 amide bonds. The number of hydrogen-bond donors (Lipinski definition) is 0. The molecule has 1 saturated carbocycles. The molecule has 1 aromatic rings. The minimum Gasteiger partial charge on any atom is -0.300 e. The Hall–Kier alpha value is -1.25. The van der Waals surface area contributed by atoms with Crippen LogP contribution in [-0.2, 0) is 10.2 Å². The fraction of sp³-hybridized carbons (Fsp3) is 0.500. The molecule has 1 atom stereocenters.